The highest BCUT2D eigenvalue weighted by atomic mass is 16.6. The van der Waals surface area contributed by atoms with Crippen molar-refractivity contribution in [1.29, 1.82) is 0 Å². The molecule has 0 aromatic heterocycles. The molecule has 2 N–H and O–H groups in total. The summed E-state index contributed by atoms with van der Waals surface area (Å²) in [6, 6.07) is 3.32. The van der Waals surface area contributed by atoms with Crippen molar-refractivity contribution in [3.05, 3.63) is 45.5 Å². The lowest BCUT2D eigenvalue weighted by Gasteiger charge is -2.07. The summed E-state index contributed by atoms with van der Waals surface area (Å²) in [5.74, 6) is -1.73. The summed E-state index contributed by atoms with van der Waals surface area (Å²) in [6.45, 7) is 3.46. The highest BCUT2D eigenvalue weighted by molar-refractivity contribution is 6.04. The van der Waals surface area contributed by atoms with Crippen LogP contribution < -0.4 is 5.32 Å². The topological polar surface area (TPSA) is 110 Å². The fourth-order valence-electron chi connectivity index (χ4n) is 1.54. The fourth-order valence-corrected chi connectivity index (χ4v) is 1.54. The molecule has 7 heteroatoms. The molecule has 0 aliphatic rings. The summed E-state index contributed by atoms with van der Waals surface area (Å²) in [7, 11) is 0. The van der Waals surface area contributed by atoms with E-state index in [0.717, 1.165) is 6.07 Å². The van der Waals surface area contributed by atoms with Gasteiger partial charge in [-0.1, -0.05) is 13.0 Å². The van der Waals surface area contributed by atoms with Gasteiger partial charge in [0.1, 0.15) is 5.69 Å². The molecule has 1 rings (SSSR count). The Hall–Kier alpha value is -2.70. The van der Waals surface area contributed by atoms with E-state index in [1.54, 1.807) is 13.0 Å². The van der Waals surface area contributed by atoms with E-state index in [0.29, 0.717) is 12.0 Å². The number of aromatic carboxylic acids is 1. The third kappa shape index (κ3) is 3.64. The number of nitrogens with one attached hydrogen (secondary N) is 1. The zero-order valence-corrected chi connectivity index (χ0v) is 11.0. The van der Waals surface area contributed by atoms with Crippen molar-refractivity contribution in [1.82, 2.24) is 0 Å². The van der Waals surface area contributed by atoms with Gasteiger partial charge in [-0.25, -0.2) is 4.79 Å². The second kappa shape index (κ2) is 6.46. The minimum Gasteiger partial charge on any atom is -0.478 e. The Bertz CT molecular complexity index is 592. The van der Waals surface area contributed by atoms with Gasteiger partial charge < -0.3 is 10.4 Å². The van der Waals surface area contributed by atoms with E-state index in [1.165, 1.54) is 12.1 Å². The molecule has 7 nitrogen and oxygen atoms in total. The van der Waals surface area contributed by atoms with Gasteiger partial charge in [0, 0.05) is 11.6 Å². The highest BCUT2D eigenvalue weighted by Gasteiger charge is 2.19. The molecule has 0 atom stereocenters. The van der Waals surface area contributed by atoms with E-state index in [2.05, 4.69) is 5.32 Å². The number of carbonyl (C=O) groups is 2. The Kier molecular flexibility index (Phi) is 4.96. The van der Waals surface area contributed by atoms with E-state index >= 15 is 0 Å². The fraction of sp³-hybridized carbons (Fsp3) is 0.231. The van der Waals surface area contributed by atoms with Gasteiger partial charge in [-0.15, -0.1) is 0 Å². The summed E-state index contributed by atoms with van der Waals surface area (Å²) in [4.78, 5) is 32.7. The smallest absolute Gasteiger partial charge is 0.335 e. The largest absolute Gasteiger partial charge is 0.478 e. The van der Waals surface area contributed by atoms with Crippen LogP contribution in [0.15, 0.2) is 29.8 Å². The summed E-state index contributed by atoms with van der Waals surface area (Å²) in [5.41, 5.74) is -0.268. The minimum atomic E-state index is -1.27. The van der Waals surface area contributed by atoms with Gasteiger partial charge in [0.15, 0.2) is 0 Å². The summed E-state index contributed by atoms with van der Waals surface area (Å²) in [6.07, 6.45) is 2.35. The zero-order valence-electron chi connectivity index (χ0n) is 11.0. The maximum absolute atomic E-state index is 11.8. The molecule has 0 bridgehead atoms. The van der Waals surface area contributed by atoms with Gasteiger partial charge >= 0.3 is 5.97 Å². The van der Waals surface area contributed by atoms with Crippen molar-refractivity contribution in [2.24, 2.45) is 0 Å². The van der Waals surface area contributed by atoms with Crippen LogP contribution in [0.2, 0.25) is 0 Å². The Morgan fingerprint density at radius 1 is 1.45 bits per heavy atom. The molecule has 0 heterocycles. The first-order valence-corrected chi connectivity index (χ1v) is 5.86. The molecule has 1 aromatic rings. The lowest BCUT2D eigenvalue weighted by Crippen LogP contribution is -2.14. The van der Waals surface area contributed by atoms with Crippen LogP contribution >= 0.6 is 0 Å². The molecule has 0 fully saturated rings. The van der Waals surface area contributed by atoms with Crippen LogP contribution in [-0.4, -0.2) is 21.9 Å². The Labute approximate surface area is 115 Å². The van der Waals surface area contributed by atoms with Crippen LogP contribution in [0, 0.1) is 10.1 Å². The molecule has 0 aliphatic heterocycles. The number of nitro groups is 1. The number of amides is 1. The molecule has 0 unspecified atom stereocenters. The maximum atomic E-state index is 11.8. The summed E-state index contributed by atoms with van der Waals surface area (Å²) < 4.78 is 0. The molecule has 1 amide bonds. The number of carboxylic acid groups (broad SMARTS) is 1. The van der Waals surface area contributed by atoms with E-state index in [9.17, 15) is 19.7 Å². The number of nitro benzene ring substituents is 1. The van der Waals surface area contributed by atoms with E-state index < -0.39 is 22.5 Å². The molecule has 0 saturated heterocycles. The average Bonchev–Trinajstić information content (AvgIpc) is 2.38. The minimum absolute atomic E-state index is 0.0335. The lowest BCUT2D eigenvalue weighted by atomic mass is 10.1. The number of benzene rings is 1. The highest BCUT2D eigenvalue weighted by Crippen LogP contribution is 2.26. The Morgan fingerprint density at radius 3 is 2.60 bits per heavy atom. The van der Waals surface area contributed by atoms with Gasteiger partial charge in [-0.05, 0) is 25.5 Å². The summed E-state index contributed by atoms with van der Waals surface area (Å²) >= 11 is 0. The Morgan fingerprint density at radius 2 is 2.10 bits per heavy atom. The van der Waals surface area contributed by atoms with Gasteiger partial charge in [-0.2, -0.15) is 0 Å². The standard InChI is InChI=1S/C13H14N2O5/c1-3-4-8(2)12(16)14-10-6-5-9(13(17)18)7-11(10)15(19)20/h4-7H,3H2,1-2H3,(H,14,16)(H,17,18)/b8-4+. The van der Waals surface area contributed by atoms with Crippen molar-refractivity contribution in [3.8, 4) is 0 Å². The van der Waals surface area contributed by atoms with Crippen LogP contribution in [0.5, 0.6) is 0 Å². The molecule has 1 aromatic carbocycles. The van der Waals surface area contributed by atoms with Gasteiger partial charge in [0.25, 0.3) is 11.6 Å². The number of carboxylic acids is 1. The van der Waals surface area contributed by atoms with Crippen molar-refractivity contribution in [3.63, 3.8) is 0 Å². The number of nitrogens with zero attached hydrogens (tertiary/aromatic N) is 1. The monoisotopic (exact) mass is 278 g/mol. The average molecular weight is 278 g/mol. The van der Waals surface area contributed by atoms with E-state index in [1.807, 2.05) is 6.92 Å². The van der Waals surface area contributed by atoms with Crippen LogP contribution in [0.3, 0.4) is 0 Å². The number of anilines is 1. The normalized spacial score (nSPS) is 11.0. The van der Waals surface area contributed by atoms with Crippen molar-refractivity contribution in [2.45, 2.75) is 20.3 Å². The first-order valence-electron chi connectivity index (χ1n) is 5.86. The second-order valence-electron chi connectivity index (χ2n) is 4.04. The number of carbonyl (C=O) groups excluding carboxylic acids is 1. The number of allylic oxidation sites excluding steroid dienone is 1. The first kappa shape index (κ1) is 15.4. The molecule has 0 aliphatic carbocycles. The SMILES string of the molecule is CC/C=C(\C)C(=O)Nc1ccc(C(=O)O)cc1[N+](=O)[O-]. The predicted octanol–water partition coefficient (Wildman–Crippen LogP) is 2.59. The molecule has 0 radical (unpaired) electrons. The van der Waals surface area contributed by atoms with Gasteiger partial charge in [0.2, 0.25) is 0 Å². The van der Waals surface area contributed by atoms with Crippen LogP contribution in [-0.2, 0) is 4.79 Å². The van der Waals surface area contributed by atoms with Crippen LogP contribution in [0.1, 0.15) is 30.6 Å². The van der Waals surface area contributed by atoms with Crippen LogP contribution in [0.25, 0.3) is 0 Å². The summed E-state index contributed by atoms with van der Waals surface area (Å²) in [5, 5.41) is 22.1. The molecule has 0 saturated carbocycles. The third-order valence-corrected chi connectivity index (χ3v) is 2.56. The van der Waals surface area contributed by atoms with E-state index in [-0.39, 0.29) is 11.3 Å². The van der Waals surface area contributed by atoms with Gasteiger partial charge in [0.05, 0.1) is 10.5 Å². The molecule has 106 valence electrons. The Balaban J connectivity index is 3.13. The molecular weight excluding hydrogens is 264 g/mol. The maximum Gasteiger partial charge on any atom is 0.335 e. The van der Waals surface area contributed by atoms with Crippen molar-refractivity contribution >= 4 is 23.3 Å². The molecule has 0 spiro atoms. The number of hydrogen-bond donors (Lipinski definition) is 2. The zero-order chi connectivity index (χ0) is 15.3. The molecular formula is C13H14N2O5. The predicted molar refractivity (Wildman–Crippen MR) is 72.7 cm³/mol. The first-order chi connectivity index (χ1) is 9.36. The van der Waals surface area contributed by atoms with Crippen molar-refractivity contribution in [2.75, 3.05) is 5.32 Å². The van der Waals surface area contributed by atoms with E-state index in [4.69, 9.17) is 5.11 Å². The van der Waals surface area contributed by atoms with Crippen LogP contribution in [0.4, 0.5) is 11.4 Å². The van der Waals surface area contributed by atoms with Gasteiger partial charge in [-0.3, -0.25) is 14.9 Å². The third-order valence-electron chi connectivity index (χ3n) is 2.56. The molecule has 20 heavy (non-hydrogen) atoms. The second-order valence-corrected chi connectivity index (χ2v) is 4.04. The quantitative estimate of drug-likeness (QED) is 0.488. The van der Waals surface area contributed by atoms with Crippen molar-refractivity contribution < 1.29 is 19.6 Å². The lowest BCUT2D eigenvalue weighted by molar-refractivity contribution is -0.384. The number of hydrogen-bond acceptors (Lipinski definition) is 4. The number of rotatable bonds is 5.